The summed E-state index contributed by atoms with van der Waals surface area (Å²) in [7, 11) is 0. The highest BCUT2D eigenvalue weighted by Gasteiger charge is 2.30. The Bertz CT molecular complexity index is 390. The first-order chi connectivity index (χ1) is 8.34. The lowest BCUT2D eigenvalue weighted by molar-refractivity contribution is -0.146. The van der Waals surface area contributed by atoms with E-state index in [9.17, 15) is 17.6 Å². The average Bonchev–Trinajstić information content (AvgIpc) is 2.25. The highest BCUT2D eigenvalue weighted by atomic mass is 19.4. The van der Waals surface area contributed by atoms with Gasteiger partial charge >= 0.3 is 6.18 Å². The molecule has 0 bridgehead atoms. The van der Waals surface area contributed by atoms with Crippen LogP contribution in [0.25, 0.3) is 0 Å². The molecule has 0 amide bonds. The van der Waals surface area contributed by atoms with Crippen LogP contribution < -0.4 is 5.73 Å². The first-order valence-electron chi connectivity index (χ1n) is 5.61. The number of nitrogens with two attached hydrogens (primary N) is 1. The lowest BCUT2D eigenvalue weighted by Crippen LogP contribution is -2.33. The van der Waals surface area contributed by atoms with Crippen LogP contribution in [0.4, 0.5) is 17.6 Å². The van der Waals surface area contributed by atoms with Crippen LogP contribution in [0.2, 0.25) is 0 Å². The molecule has 1 aromatic rings. The molecular weight excluding hydrogens is 248 g/mol. The smallest absolute Gasteiger partial charge is 0.326 e. The lowest BCUT2D eigenvalue weighted by Gasteiger charge is -2.22. The summed E-state index contributed by atoms with van der Waals surface area (Å²) in [5, 5.41) is 0. The van der Waals surface area contributed by atoms with Crippen LogP contribution in [0, 0.1) is 5.82 Å². The van der Waals surface area contributed by atoms with E-state index in [1.807, 2.05) is 0 Å². The second-order valence-electron chi connectivity index (χ2n) is 4.09. The van der Waals surface area contributed by atoms with Gasteiger partial charge in [-0.1, -0.05) is 13.0 Å². The van der Waals surface area contributed by atoms with Crippen LogP contribution in [0.15, 0.2) is 18.2 Å². The van der Waals surface area contributed by atoms with Crippen LogP contribution in [0.5, 0.6) is 0 Å². The van der Waals surface area contributed by atoms with Gasteiger partial charge < -0.3 is 5.73 Å². The molecule has 1 rings (SSSR count). The van der Waals surface area contributed by atoms with E-state index in [1.165, 1.54) is 17.0 Å². The van der Waals surface area contributed by atoms with Gasteiger partial charge in [0.25, 0.3) is 0 Å². The van der Waals surface area contributed by atoms with E-state index >= 15 is 0 Å². The molecule has 0 fully saturated rings. The second-order valence-corrected chi connectivity index (χ2v) is 4.09. The monoisotopic (exact) mass is 264 g/mol. The minimum absolute atomic E-state index is 0.0563. The van der Waals surface area contributed by atoms with E-state index in [0.717, 1.165) is 0 Å². The van der Waals surface area contributed by atoms with Crippen molar-refractivity contribution in [1.29, 1.82) is 0 Å². The first kappa shape index (κ1) is 14.9. The number of hydrogen-bond donors (Lipinski definition) is 1. The molecule has 0 spiro atoms. The molecule has 0 unspecified atom stereocenters. The zero-order chi connectivity index (χ0) is 13.8. The summed E-state index contributed by atoms with van der Waals surface area (Å²) >= 11 is 0. The maximum Gasteiger partial charge on any atom is 0.401 e. The average molecular weight is 264 g/mol. The summed E-state index contributed by atoms with van der Waals surface area (Å²) in [5.74, 6) is -0.476. The van der Waals surface area contributed by atoms with Crippen molar-refractivity contribution in [2.75, 3.05) is 13.1 Å². The molecule has 2 N–H and O–H groups in total. The summed E-state index contributed by atoms with van der Waals surface area (Å²) < 4.78 is 50.1. The van der Waals surface area contributed by atoms with Gasteiger partial charge in [-0.25, -0.2) is 4.39 Å². The number of alkyl halides is 3. The Labute approximate surface area is 103 Å². The SMILES string of the molecule is CCN(Cc1cc(F)cc(CN)c1)CC(F)(F)F. The van der Waals surface area contributed by atoms with E-state index in [4.69, 9.17) is 5.73 Å². The molecule has 0 saturated heterocycles. The summed E-state index contributed by atoms with van der Waals surface area (Å²) in [5.41, 5.74) is 6.47. The second kappa shape index (κ2) is 6.15. The molecule has 18 heavy (non-hydrogen) atoms. The maximum atomic E-state index is 13.2. The van der Waals surface area contributed by atoms with Gasteiger partial charge in [0.1, 0.15) is 5.82 Å². The fourth-order valence-electron chi connectivity index (χ4n) is 1.72. The van der Waals surface area contributed by atoms with Gasteiger partial charge in [0.15, 0.2) is 0 Å². The molecular formula is C12H16F4N2. The van der Waals surface area contributed by atoms with Crippen molar-refractivity contribution in [3.63, 3.8) is 0 Å². The molecule has 0 radical (unpaired) electrons. The van der Waals surface area contributed by atoms with Crippen LogP contribution in [0.1, 0.15) is 18.1 Å². The molecule has 1 aromatic carbocycles. The standard InChI is InChI=1S/C12H16F4N2/c1-2-18(8-12(14,15)16)7-10-3-9(6-17)4-11(13)5-10/h3-5H,2,6-8,17H2,1H3. The molecule has 0 atom stereocenters. The van der Waals surface area contributed by atoms with E-state index in [-0.39, 0.29) is 19.6 Å². The number of halogens is 4. The molecule has 6 heteroatoms. The molecule has 0 saturated carbocycles. The maximum absolute atomic E-state index is 13.2. The Balaban J connectivity index is 2.78. The van der Waals surface area contributed by atoms with Crippen molar-refractivity contribution in [2.45, 2.75) is 26.2 Å². The van der Waals surface area contributed by atoms with Gasteiger partial charge in [0.2, 0.25) is 0 Å². The van der Waals surface area contributed by atoms with Gasteiger partial charge in [0, 0.05) is 13.1 Å². The molecule has 0 aliphatic rings. The Morgan fingerprint density at radius 1 is 1.17 bits per heavy atom. The number of nitrogens with zero attached hydrogens (tertiary/aromatic N) is 1. The van der Waals surface area contributed by atoms with E-state index < -0.39 is 18.5 Å². The predicted molar refractivity (Wildman–Crippen MR) is 61.3 cm³/mol. The van der Waals surface area contributed by atoms with Crippen molar-refractivity contribution < 1.29 is 17.6 Å². The molecule has 0 aliphatic carbocycles. The largest absolute Gasteiger partial charge is 0.401 e. The molecule has 0 aromatic heterocycles. The first-order valence-corrected chi connectivity index (χ1v) is 5.61. The fourth-order valence-corrected chi connectivity index (χ4v) is 1.72. The minimum Gasteiger partial charge on any atom is -0.326 e. The molecule has 2 nitrogen and oxygen atoms in total. The number of hydrogen-bond acceptors (Lipinski definition) is 2. The summed E-state index contributed by atoms with van der Waals surface area (Å²) in [6.45, 7) is 1.09. The van der Waals surface area contributed by atoms with Crippen molar-refractivity contribution in [1.82, 2.24) is 4.90 Å². The van der Waals surface area contributed by atoms with Crippen LogP contribution in [-0.4, -0.2) is 24.2 Å². The van der Waals surface area contributed by atoms with Gasteiger partial charge in [-0.3, -0.25) is 4.90 Å². The summed E-state index contributed by atoms with van der Waals surface area (Å²) in [6, 6.07) is 4.14. The van der Waals surface area contributed by atoms with Crippen molar-refractivity contribution in [2.24, 2.45) is 5.73 Å². The highest BCUT2D eigenvalue weighted by Crippen LogP contribution is 2.18. The van der Waals surface area contributed by atoms with Crippen LogP contribution in [-0.2, 0) is 13.1 Å². The van der Waals surface area contributed by atoms with Crippen molar-refractivity contribution in [3.8, 4) is 0 Å². The Morgan fingerprint density at radius 3 is 2.28 bits per heavy atom. The zero-order valence-electron chi connectivity index (χ0n) is 10.1. The topological polar surface area (TPSA) is 29.3 Å². The molecule has 0 aliphatic heterocycles. The third-order valence-corrected chi connectivity index (χ3v) is 2.51. The zero-order valence-corrected chi connectivity index (χ0v) is 10.1. The van der Waals surface area contributed by atoms with Crippen LogP contribution >= 0.6 is 0 Å². The van der Waals surface area contributed by atoms with Crippen molar-refractivity contribution in [3.05, 3.63) is 35.1 Å². The normalized spacial score (nSPS) is 12.2. The van der Waals surface area contributed by atoms with E-state index in [2.05, 4.69) is 0 Å². The van der Waals surface area contributed by atoms with E-state index in [0.29, 0.717) is 11.1 Å². The summed E-state index contributed by atoms with van der Waals surface area (Å²) in [6.07, 6.45) is -4.25. The third kappa shape index (κ3) is 5.01. The molecule has 102 valence electrons. The predicted octanol–water partition coefficient (Wildman–Crippen LogP) is 2.67. The Hall–Kier alpha value is -1.14. The van der Waals surface area contributed by atoms with Gasteiger partial charge in [-0.2, -0.15) is 13.2 Å². The van der Waals surface area contributed by atoms with Gasteiger partial charge in [0.05, 0.1) is 6.54 Å². The lowest BCUT2D eigenvalue weighted by atomic mass is 10.1. The fraction of sp³-hybridized carbons (Fsp3) is 0.500. The van der Waals surface area contributed by atoms with Gasteiger partial charge in [-0.05, 0) is 29.8 Å². The van der Waals surface area contributed by atoms with Gasteiger partial charge in [-0.15, -0.1) is 0 Å². The summed E-state index contributed by atoms with van der Waals surface area (Å²) in [4.78, 5) is 1.20. The van der Waals surface area contributed by atoms with Crippen LogP contribution in [0.3, 0.4) is 0 Å². The third-order valence-electron chi connectivity index (χ3n) is 2.51. The number of benzene rings is 1. The van der Waals surface area contributed by atoms with E-state index in [1.54, 1.807) is 13.0 Å². The highest BCUT2D eigenvalue weighted by molar-refractivity contribution is 5.24. The quantitative estimate of drug-likeness (QED) is 0.828. The van der Waals surface area contributed by atoms with Crippen molar-refractivity contribution >= 4 is 0 Å². The number of rotatable bonds is 5. The minimum atomic E-state index is -4.25. The molecule has 0 heterocycles. The Kier molecular flexibility index (Phi) is 5.10. The Morgan fingerprint density at radius 2 is 1.78 bits per heavy atom.